The zero-order chi connectivity index (χ0) is 19.7. The van der Waals surface area contributed by atoms with Gasteiger partial charge in [-0.2, -0.15) is 0 Å². The predicted octanol–water partition coefficient (Wildman–Crippen LogP) is 4.09. The third-order valence-corrected chi connectivity index (χ3v) is 5.43. The van der Waals surface area contributed by atoms with Crippen molar-refractivity contribution in [2.75, 3.05) is 4.90 Å². The third-order valence-electron chi connectivity index (χ3n) is 3.95. The molecule has 1 aliphatic heterocycles. The standard InChI is InChI=1S/C18H12N2O5S2/c1-10(11-4-2-7-14(8-11)20(24)25)15-16(21)19(18(26)27-15)13-6-3-5-12(9-13)17(22)23/h2-9H,1H3,(H,22,23)/b15-10+. The van der Waals surface area contributed by atoms with Crippen LogP contribution in [0.5, 0.6) is 0 Å². The first-order chi connectivity index (χ1) is 12.8. The van der Waals surface area contributed by atoms with Crippen LogP contribution in [0.4, 0.5) is 11.4 Å². The molecule has 0 aromatic heterocycles. The molecule has 0 aliphatic carbocycles. The molecule has 0 spiro atoms. The van der Waals surface area contributed by atoms with Crippen molar-refractivity contribution in [2.24, 2.45) is 0 Å². The maximum atomic E-state index is 12.9. The van der Waals surface area contributed by atoms with Crippen LogP contribution in [0.1, 0.15) is 22.8 Å². The normalized spacial score (nSPS) is 15.8. The summed E-state index contributed by atoms with van der Waals surface area (Å²) in [5.41, 5.74) is 1.44. The first kappa shape index (κ1) is 18.7. The lowest BCUT2D eigenvalue weighted by Gasteiger charge is -2.15. The van der Waals surface area contributed by atoms with Crippen LogP contribution in [0, 0.1) is 10.1 Å². The molecule has 1 amide bonds. The Balaban J connectivity index is 2.02. The Morgan fingerprint density at radius 2 is 1.85 bits per heavy atom. The summed E-state index contributed by atoms with van der Waals surface area (Å²) >= 11 is 6.38. The zero-order valence-electron chi connectivity index (χ0n) is 13.9. The summed E-state index contributed by atoms with van der Waals surface area (Å²) in [4.78, 5) is 36.2. The fourth-order valence-corrected chi connectivity index (χ4v) is 3.92. The topological polar surface area (TPSA) is 101 Å². The smallest absolute Gasteiger partial charge is 0.335 e. The lowest BCUT2D eigenvalue weighted by Crippen LogP contribution is -2.27. The van der Waals surface area contributed by atoms with E-state index in [0.29, 0.717) is 21.7 Å². The van der Waals surface area contributed by atoms with E-state index in [1.54, 1.807) is 25.1 Å². The van der Waals surface area contributed by atoms with E-state index in [-0.39, 0.29) is 15.6 Å². The molecule has 9 heteroatoms. The van der Waals surface area contributed by atoms with Gasteiger partial charge in [0.2, 0.25) is 0 Å². The molecule has 7 nitrogen and oxygen atoms in total. The number of carboxylic acid groups (broad SMARTS) is 1. The van der Waals surface area contributed by atoms with Gasteiger partial charge in [0.05, 0.1) is 21.1 Å². The van der Waals surface area contributed by atoms with Gasteiger partial charge in [-0.1, -0.05) is 42.2 Å². The second-order valence-corrected chi connectivity index (χ2v) is 7.27. The number of allylic oxidation sites excluding steroid dienone is 1. The van der Waals surface area contributed by atoms with E-state index in [4.69, 9.17) is 17.3 Å². The number of nitro groups is 1. The highest BCUT2D eigenvalue weighted by molar-refractivity contribution is 8.27. The quantitative estimate of drug-likeness (QED) is 0.357. The summed E-state index contributed by atoms with van der Waals surface area (Å²) < 4.78 is 0.266. The van der Waals surface area contributed by atoms with Crippen molar-refractivity contribution in [3.05, 3.63) is 74.7 Å². The van der Waals surface area contributed by atoms with E-state index >= 15 is 0 Å². The molecule has 1 aliphatic rings. The Hall–Kier alpha value is -3.04. The fourth-order valence-electron chi connectivity index (χ4n) is 2.58. The number of rotatable bonds is 4. The lowest BCUT2D eigenvalue weighted by atomic mass is 10.1. The van der Waals surface area contributed by atoms with E-state index in [0.717, 1.165) is 11.8 Å². The Morgan fingerprint density at radius 1 is 1.19 bits per heavy atom. The molecule has 1 saturated heterocycles. The van der Waals surface area contributed by atoms with Gasteiger partial charge in [0, 0.05) is 12.1 Å². The van der Waals surface area contributed by atoms with Gasteiger partial charge in [0.25, 0.3) is 11.6 Å². The predicted molar refractivity (Wildman–Crippen MR) is 107 cm³/mol. The summed E-state index contributed by atoms with van der Waals surface area (Å²) in [5, 5.41) is 20.1. The molecule has 1 heterocycles. The number of amides is 1. The average Bonchev–Trinajstić information content (AvgIpc) is 2.95. The molecule has 1 fully saturated rings. The first-order valence-electron chi connectivity index (χ1n) is 7.65. The number of thioether (sulfide) groups is 1. The van der Waals surface area contributed by atoms with Gasteiger partial charge in [-0.25, -0.2) is 4.79 Å². The molecular formula is C18H12N2O5S2. The minimum absolute atomic E-state index is 0.0425. The second kappa shape index (κ2) is 7.29. The van der Waals surface area contributed by atoms with Crippen LogP contribution in [-0.2, 0) is 4.79 Å². The van der Waals surface area contributed by atoms with Gasteiger partial charge in [0.15, 0.2) is 4.32 Å². The number of nitrogens with zero attached hydrogens (tertiary/aromatic N) is 2. The van der Waals surface area contributed by atoms with Crippen molar-refractivity contribution in [3.8, 4) is 0 Å². The van der Waals surface area contributed by atoms with E-state index in [9.17, 15) is 19.7 Å². The summed E-state index contributed by atoms with van der Waals surface area (Å²) in [6.07, 6.45) is 0. The van der Waals surface area contributed by atoms with Gasteiger partial charge in [0.1, 0.15) is 0 Å². The van der Waals surface area contributed by atoms with Gasteiger partial charge in [-0.05, 0) is 36.3 Å². The number of non-ortho nitro benzene ring substituents is 1. The average molecular weight is 400 g/mol. The molecular weight excluding hydrogens is 388 g/mol. The molecule has 27 heavy (non-hydrogen) atoms. The van der Waals surface area contributed by atoms with Gasteiger partial charge < -0.3 is 5.11 Å². The van der Waals surface area contributed by atoms with Gasteiger partial charge in [-0.3, -0.25) is 19.8 Å². The van der Waals surface area contributed by atoms with Crippen molar-refractivity contribution in [1.29, 1.82) is 0 Å². The summed E-state index contributed by atoms with van der Waals surface area (Å²) in [5.74, 6) is -1.50. The van der Waals surface area contributed by atoms with Crippen LogP contribution < -0.4 is 4.90 Å². The molecule has 0 atom stereocenters. The number of carbonyl (C=O) groups is 2. The Labute approximate surface area is 163 Å². The van der Waals surface area contributed by atoms with Crippen LogP contribution in [-0.4, -0.2) is 26.2 Å². The molecule has 0 saturated carbocycles. The summed E-state index contributed by atoms with van der Waals surface area (Å²) in [6.45, 7) is 1.69. The molecule has 0 unspecified atom stereocenters. The second-order valence-electron chi connectivity index (χ2n) is 5.63. The Kier molecular flexibility index (Phi) is 5.06. The highest BCUT2D eigenvalue weighted by Crippen LogP contribution is 2.39. The minimum Gasteiger partial charge on any atom is -0.478 e. The summed E-state index contributed by atoms with van der Waals surface area (Å²) in [7, 11) is 0. The van der Waals surface area contributed by atoms with Crippen LogP contribution in [0.15, 0.2) is 53.4 Å². The van der Waals surface area contributed by atoms with Gasteiger partial charge >= 0.3 is 5.97 Å². The number of hydrogen-bond acceptors (Lipinski definition) is 6. The van der Waals surface area contributed by atoms with Crippen molar-refractivity contribution >= 4 is 57.1 Å². The van der Waals surface area contributed by atoms with Crippen molar-refractivity contribution in [3.63, 3.8) is 0 Å². The maximum Gasteiger partial charge on any atom is 0.335 e. The van der Waals surface area contributed by atoms with Crippen molar-refractivity contribution < 1.29 is 19.6 Å². The van der Waals surface area contributed by atoms with Crippen LogP contribution in [0.25, 0.3) is 5.57 Å². The Bertz CT molecular complexity index is 1030. The SMILES string of the molecule is C/C(=C1\SC(=S)N(c2cccc(C(=O)O)c2)C1=O)c1cccc([N+](=O)[O-])c1. The van der Waals surface area contributed by atoms with E-state index in [2.05, 4.69) is 0 Å². The monoisotopic (exact) mass is 400 g/mol. The largest absolute Gasteiger partial charge is 0.478 e. The van der Waals surface area contributed by atoms with Gasteiger partial charge in [-0.15, -0.1) is 0 Å². The third kappa shape index (κ3) is 3.60. The Morgan fingerprint density at radius 3 is 2.52 bits per heavy atom. The number of benzene rings is 2. The van der Waals surface area contributed by atoms with Crippen molar-refractivity contribution in [1.82, 2.24) is 0 Å². The number of hydrogen-bond donors (Lipinski definition) is 1. The van der Waals surface area contributed by atoms with E-state index in [1.165, 1.54) is 35.2 Å². The summed E-state index contributed by atoms with van der Waals surface area (Å²) in [6, 6.07) is 11.9. The molecule has 3 rings (SSSR count). The highest BCUT2D eigenvalue weighted by atomic mass is 32.2. The highest BCUT2D eigenvalue weighted by Gasteiger charge is 2.35. The first-order valence-corrected chi connectivity index (χ1v) is 8.87. The molecule has 1 N–H and O–H groups in total. The number of carbonyl (C=O) groups excluding carboxylic acids is 1. The minimum atomic E-state index is -1.11. The molecule has 2 aromatic carbocycles. The number of aromatic carboxylic acids is 1. The molecule has 0 bridgehead atoms. The molecule has 136 valence electrons. The molecule has 0 radical (unpaired) electrons. The van der Waals surface area contributed by atoms with E-state index in [1.807, 2.05) is 0 Å². The van der Waals surface area contributed by atoms with Crippen LogP contribution in [0.2, 0.25) is 0 Å². The maximum absolute atomic E-state index is 12.9. The number of thiocarbonyl (C=S) groups is 1. The van der Waals surface area contributed by atoms with Crippen LogP contribution >= 0.6 is 24.0 Å². The fraction of sp³-hybridized carbons (Fsp3) is 0.0556. The van der Waals surface area contributed by atoms with E-state index < -0.39 is 16.8 Å². The lowest BCUT2D eigenvalue weighted by molar-refractivity contribution is -0.384. The number of carboxylic acids is 1. The number of nitro benzene ring substituents is 1. The zero-order valence-corrected chi connectivity index (χ0v) is 15.5. The van der Waals surface area contributed by atoms with Crippen LogP contribution in [0.3, 0.4) is 0 Å². The number of anilines is 1. The molecule has 2 aromatic rings. The van der Waals surface area contributed by atoms with Crippen molar-refractivity contribution in [2.45, 2.75) is 6.92 Å².